The van der Waals surface area contributed by atoms with Crippen LogP contribution in [0.2, 0.25) is 5.15 Å². The Morgan fingerprint density at radius 1 is 1.26 bits per heavy atom. The molecular formula is C23H25ClN4O3. The monoisotopic (exact) mass is 440 g/mol. The lowest BCUT2D eigenvalue weighted by Gasteiger charge is -2.11. The maximum Gasteiger partial charge on any atom is 0.265 e. The number of aldehydes is 1. The number of hydrogen-bond donors (Lipinski definition) is 3. The minimum Gasteiger partial charge on any atom is -0.390 e. The average molecular weight is 441 g/mol. The molecule has 0 unspecified atom stereocenters. The Labute approximate surface area is 185 Å². The normalized spacial score (nSPS) is 10.8. The summed E-state index contributed by atoms with van der Waals surface area (Å²) in [5.41, 5.74) is 5.88. The molecule has 0 saturated heterocycles. The number of aromatic nitrogens is 2. The van der Waals surface area contributed by atoms with E-state index in [1.54, 1.807) is 18.2 Å². The molecule has 0 aliphatic rings. The van der Waals surface area contributed by atoms with Crippen molar-refractivity contribution in [2.75, 3.05) is 0 Å². The van der Waals surface area contributed by atoms with Crippen LogP contribution in [0.4, 0.5) is 0 Å². The molecule has 31 heavy (non-hydrogen) atoms. The molecule has 0 atom stereocenters. The van der Waals surface area contributed by atoms with Crippen molar-refractivity contribution in [2.45, 2.75) is 39.3 Å². The first-order chi connectivity index (χ1) is 15.0. The summed E-state index contributed by atoms with van der Waals surface area (Å²) in [4.78, 5) is 27.8. The Morgan fingerprint density at radius 3 is 2.61 bits per heavy atom. The van der Waals surface area contributed by atoms with Gasteiger partial charge in [-0.05, 0) is 35.2 Å². The van der Waals surface area contributed by atoms with Gasteiger partial charge in [0.05, 0.1) is 13.2 Å². The van der Waals surface area contributed by atoms with Crippen molar-refractivity contribution in [3.63, 3.8) is 0 Å². The van der Waals surface area contributed by atoms with Gasteiger partial charge in [0.15, 0.2) is 6.29 Å². The molecular weight excluding hydrogens is 416 g/mol. The molecule has 0 fully saturated rings. The number of imidazole rings is 1. The number of carbonyl (C=O) groups excluding carboxylic acids is 2. The number of benzene rings is 2. The molecule has 1 heterocycles. The third-order valence-corrected chi connectivity index (χ3v) is 5.56. The number of carbonyl (C=O) groups is 2. The van der Waals surface area contributed by atoms with Gasteiger partial charge in [-0.25, -0.2) is 10.8 Å². The summed E-state index contributed by atoms with van der Waals surface area (Å²) < 4.78 is 1.92. The number of hydrazine groups is 1. The molecule has 0 aliphatic heterocycles. The molecule has 3 rings (SSSR count). The Hall–Kier alpha value is -3.00. The number of nitrogens with two attached hydrogens (primary N) is 1. The summed E-state index contributed by atoms with van der Waals surface area (Å²) in [6.07, 6.45) is 3.56. The molecule has 2 aromatic carbocycles. The van der Waals surface area contributed by atoms with Crippen molar-refractivity contribution < 1.29 is 14.7 Å². The molecule has 0 spiro atoms. The molecule has 0 radical (unpaired) electrons. The number of aryl methyl sites for hydroxylation is 1. The standard InChI is InChI=1S/C23H25ClN4O3/c1-2-3-4-21-26-20(14-30)22(24)28(21)12-15-5-7-16(8-6-15)19-11-17(23(31)27-25)9-10-18(19)13-29/h5-11,13,30H,2-4,12,14,25H2,1H3,(H,27,31). The molecule has 162 valence electrons. The minimum absolute atomic E-state index is 0.203. The lowest BCUT2D eigenvalue weighted by Crippen LogP contribution is -2.30. The van der Waals surface area contributed by atoms with Crippen LogP contribution in [0.5, 0.6) is 0 Å². The van der Waals surface area contributed by atoms with Crippen molar-refractivity contribution in [2.24, 2.45) is 5.84 Å². The van der Waals surface area contributed by atoms with Crippen LogP contribution in [0.3, 0.4) is 0 Å². The van der Waals surface area contributed by atoms with Gasteiger partial charge in [-0.1, -0.05) is 55.3 Å². The van der Waals surface area contributed by atoms with E-state index < -0.39 is 5.91 Å². The van der Waals surface area contributed by atoms with E-state index in [9.17, 15) is 14.7 Å². The van der Waals surface area contributed by atoms with E-state index in [0.29, 0.717) is 34.1 Å². The van der Waals surface area contributed by atoms with Crippen LogP contribution in [0.15, 0.2) is 42.5 Å². The first-order valence-electron chi connectivity index (χ1n) is 10.1. The summed E-state index contributed by atoms with van der Waals surface area (Å²) in [5.74, 6) is 5.64. The van der Waals surface area contributed by atoms with Crippen molar-refractivity contribution in [3.8, 4) is 11.1 Å². The van der Waals surface area contributed by atoms with E-state index in [1.165, 1.54) is 0 Å². The SMILES string of the molecule is CCCCc1nc(CO)c(Cl)n1Cc1ccc(-c2cc(C(=O)NN)ccc2C=O)cc1. The van der Waals surface area contributed by atoms with E-state index >= 15 is 0 Å². The molecule has 0 aliphatic carbocycles. The Bertz CT molecular complexity index is 1080. The number of nitrogen functional groups attached to an aromatic ring is 1. The third-order valence-electron chi connectivity index (χ3n) is 5.13. The Balaban J connectivity index is 1.91. The van der Waals surface area contributed by atoms with Crippen LogP contribution < -0.4 is 11.3 Å². The Kier molecular flexibility index (Phi) is 7.57. The van der Waals surface area contributed by atoms with Gasteiger partial charge >= 0.3 is 0 Å². The lowest BCUT2D eigenvalue weighted by atomic mass is 9.97. The molecule has 8 heteroatoms. The number of nitrogens with one attached hydrogen (secondary N) is 1. The summed E-state index contributed by atoms with van der Waals surface area (Å²) in [6, 6.07) is 12.5. The van der Waals surface area contributed by atoms with Crippen LogP contribution in [0.1, 0.15) is 57.6 Å². The first kappa shape index (κ1) is 22.7. The smallest absolute Gasteiger partial charge is 0.265 e. The second-order valence-electron chi connectivity index (χ2n) is 7.20. The van der Waals surface area contributed by atoms with Gasteiger partial charge in [0, 0.05) is 17.5 Å². The summed E-state index contributed by atoms with van der Waals surface area (Å²) >= 11 is 6.44. The number of hydrogen-bond acceptors (Lipinski definition) is 5. The van der Waals surface area contributed by atoms with Gasteiger partial charge in [0.2, 0.25) is 0 Å². The highest BCUT2D eigenvalue weighted by Gasteiger charge is 2.15. The van der Waals surface area contributed by atoms with Crippen molar-refractivity contribution >= 4 is 23.8 Å². The molecule has 1 amide bonds. The van der Waals surface area contributed by atoms with Crippen LogP contribution in [-0.2, 0) is 19.6 Å². The van der Waals surface area contributed by atoms with Gasteiger partial charge in [-0.2, -0.15) is 0 Å². The Morgan fingerprint density at radius 2 is 2.00 bits per heavy atom. The van der Waals surface area contributed by atoms with Crippen LogP contribution in [-0.4, -0.2) is 26.9 Å². The van der Waals surface area contributed by atoms with E-state index in [-0.39, 0.29) is 6.61 Å². The second kappa shape index (κ2) is 10.3. The quantitative estimate of drug-likeness (QED) is 0.204. The van der Waals surface area contributed by atoms with Crippen LogP contribution in [0, 0.1) is 0 Å². The van der Waals surface area contributed by atoms with Gasteiger partial charge in [-0.3, -0.25) is 15.0 Å². The zero-order valence-corrected chi connectivity index (χ0v) is 18.0. The topological polar surface area (TPSA) is 110 Å². The van der Waals surface area contributed by atoms with Crippen molar-refractivity contribution in [1.29, 1.82) is 0 Å². The van der Waals surface area contributed by atoms with Gasteiger partial charge in [0.1, 0.15) is 16.7 Å². The lowest BCUT2D eigenvalue weighted by molar-refractivity contribution is 0.0953. The van der Waals surface area contributed by atoms with Gasteiger partial charge < -0.3 is 9.67 Å². The van der Waals surface area contributed by atoms with Gasteiger partial charge in [0.25, 0.3) is 5.91 Å². The number of aliphatic hydroxyl groups is 1. The number of nitrogens with zero attached hydrogens (tertiary/aromatic N) is 2. The molecule has 4 N–H and O–H groups in total. The minimum atomic E-state index is -0.427. The zero-order chi connectivity index (χ0) is 22.4. The first-order valence-corrected chi connectivity index (χ1v) is 10.4. The number of amides is 1. The maximum absolute atomic E-state index is 11.9. The highest BCUT2D eigenvalue weighted by atomic mass is 35.5. The van der Waals surface area contributed by atoms with Crippen LogP contribution >= 0.6 is 11.6 Å². The van der Waals surface area contributed by atoms with Gasteiger partial charge in [-0.15, -0.1) is 0 Å². The highest BCUT2D eigenvalue weighted by molar-refractivity contribution is 6.30. The van der Waals surface area contributed by atoms with Crippen LogP contribution in [0.25, 0.3) is 11.1 Å². The molecule has 0 bridgehead atoms. The third kappa shape index (κ3) is 5.02. The predicted octanol–water partition coefficient (Wildman–Crippen LogP) is 3.50. The second-order valence-corrected chi connectivity index (χ2v) is 7.56. The fourth-order valence-electron chi connectivity index (χ4n) is 3.42. The largest absolute Gasteiger partial charge is 0.390 e. The number of unbranched alkanes of at least 4 members (excludes halogenated alkanes) is 1. The highest BCUT2D eigenvalue weighted by Crippen LogP contribution is 2.26. The van der Waals surface area contributed by atoms with E-state index in [1.807, 2.05) is 28.8 Å². The van der Waals surface area contributed by atoms with Crippen molar-refractivity contribution in [1.82, 2.24) is 15.0 Å². The summed E-state index contributed by atoms with van der Waals surface area (Å²) in [7, 11) is 0. The number of rotatable bonds is 9. The molecule has 7 nitrogen and oxygen atoms in total. The summed E-state index contributed by atoms with van der Waals surface area (Å²) in [5, 5.41) is 9.96. The summed E-state index contributed by atoms with van der Waals surface area (Å²) in [6.45, 7) is 2.42. The van der Waals surface area contributed by atoms with Crippen molar-refractivity contribution in [3.05, 3.63) is 75.8 Å². The molecule has 1 aromatic heterocycles. The fraction of sp³-hybridized carbons (Fsp3) is 0.261. The molecule has 3 aromatic rings. The van der Waals surface area contributed by atoms with E-state index in [4.69, 9.17) is 17.4 Å². The number of halogens is 1. The van der Waals surface area contributed by atoms with E-state index in [0.717, 1.165) is 42.5 Å². The predicted molar refractivity (Wildman–Crippen MR) is 120 cm³/mol. The molecule has 0 saturated carbocycles. The maximum atomic E-state index is 11.9. The zero-order valence-electron chi connectivity index (χ0n) is 17.3. The van der Waals surface area contributed by atoms with E-state index in [2.05, 4.69) is 17.3 Å². The number of aliphatic hydroxyl groups excluding tert-OH is 1. The fourth-order valence-corrected chi connectivity index (χ4v) is 3.68. The average Bonchev–Trinajstić information content (AvgIpc) is 3.11.